The lowest BCUT2D eigenvalue weighted by Crippen LogP contribution is -2.46. The van der Waals surface area contributed by atoms with E-state index in [2.05, 4.69) is 65.4 Å². The minimum Gasteiger partial charge on any atom is -0.315 e. The van der Waals surface area contributed by atoms with E-state index in [0.29, 0.717) is 0 Å². The third-order valence-corrected chi connectivity index (χ3v) is 4.28. The summed E-state index contributed by atoms with van der Waals surface area (Å²) in [7, 11) is 2.08. The van der Waals surface area contributed by atoms with Gasteiger partial charge >= 0.3 is 0 Å². The van der Waals surface area contributed by atoms with Gasteiger partial charge in [0.1, 0.15) is 0 Å². The highest BCUT2D eigenvalue weighted by molar-refractivity contribution is 6.10. The van der Waals surface area contributed by atoms with Crippen LogP contribution in [0.4, 0.5) is 17.1 Å². The van der Waals surface area contributed by atoms with Gasteiger partial charge in [0.25, 0.3) is 0 Å². The molecule has 0 fully saturated rings. The summed E-state index contributed by atoms with van der Waals surface area (Å²) in [5.74, 6) is 0.936. The molecule has 0 saturated carbocycles. The van der Waals surface area contributed by atoms with Crippen molar-refractivity contribution < 1.29 is 0 Å². The molecule has 0 saturated heterocycles. The molecule has 3 aromatic carbocycles. The normalized spacial score (nSPS) is 15.5. The van der Waals surface area contributed by atoms with E-state index in [-0.39, 0.29) is 0 Å². The van der Waals surface area contributed by atoms with Crippen molar-refractivity contribution in [3.63, 3.8) is 0 Å². The number of benzene rings is 3. The monoisotopic (exact) mass is 313 g/mol. The van der Waals surface area contributed by atoms with E-state index < -0.39 is 0 Å². The summed E-state index contributed by atoms with van der Waals surface area (Å²) in [6.07, 6.45) is 0. The Kier molecular flexibility index (Phi) is 3.75. The number of hydrogen-bond acceptors (Lipinski definition) is 1. The molecule has 3 nitrogen and oxygen atoms in total. The van der Waals surface area contributed by atoms with E-state index in [9.17, 15) is 0 Å². The molecule has 0 spiro atoms. The molecule has 0 N–H and O–H groups in total. The van der Waals surface area contributed by atoms with Crippen molar-refractivity contribution in [3.8, 4) is 0 Å². The molecule has 0 amide bonds. The average molecular weight is 313 g/mol. The molecule has 118 valence electrons. The summed E-state index contributed by atoms with van der Waals surface area (Å²) in [6.45, 7) is 0.816. The van der Waals surface area contributed by atoms with Crippen LogP contribution in [0.5, 0.6) is 0 Å². The number of rotatable bonds is 2. The molecule has 0 unspecified atom stereocenters. The fourth-order valence-corrected chi connectivity index (χ4v) is 3.07. The average Bonchev–Trinajstić information content (AvgIpc) is 2.65. The molecule has 1 heterocycles. The molecule has 0 atom stereocenters. The molecule has 0 aliphatic carbocycles. The number of nitrogens with zero attached hydrogens (tertiary/aromatic N) is 3. The summed E-state index contributed by atoms with van der Waals surface area (Å²) in [5.41, 5.74) is 4.61. The predicted octanol–water partition coefficient (Wildman–Crippen LogP) is 4.83. The summed E-state index contributed by atoms with van der Waals surface area (Å²) < 4.78 is 0. The lowest BCUT2D eigenvalue weighted by molar-refractivity contribution is 0.932. The van der Waals surface area contributed by atoms with Crippen LogP contribution in [0.25, 0.3) is 0 Å². The number of para-hydroxylation sites is 3. The maximum atomic E-state index is 4.92. The van der Waals surface area contributed by atoms with E-state index in [0.717, 1.165) is 23.9 Å². The molecular formula is C21H19N3. The lowest BCUT2D eigenvalue weighted by atomic mass is 10.1. The minimum atomic E-state index is 0.816. The third-order valence-electron chi connectivity index (χ3n) is 4.28. The van der Waals surface area contributed by atoms with Gasteiger partial charge in [0.05, 0.1) is 12.2 Å². The number of fused-ring (bicyclic) bond motifs is 1. The van der Waals surface area contributed by atoms with Gasteiger partial charge in [0, 0.05) is 18.4 Å². The van der Waals surface area contributed by atoms with Gasteiger partial charge in [-0.2, -0.15) is 0 Å². The molecule has 0 radical (unpaired) electrons. The first-order valence-corrected chi connectivity index (χ1v) is 8.11. The molecule has 0 aromatic heterocycles. The second-order valence-corrected chi connectivity index (χ2v) is 5.86. The molecule has 1 aliphatic rings. The van der Waals surface area contributed by atoms with Gasteiger partial charge in [-0.05, 0) is 35.9 Å². The molecule has 3 heteroatoms. The van der Waals surface area contributed by atoms with Gasteiger partial charge in [-0.15, -0.1) is 0 Å². The van der Waals surface area contributed by atoms with Crippen LogP contribution in [0.3, 0.4) is 0 Å². The number of aliphatic imine (C=N–C) groups is 1. The Morgan fingerprint density at radius 2 is 1.38 bits per heavy atom. The van der Waals surface area contributed by atoms with Crippen molar-refractivity contribution in [1.82, 2.24) is 0 Å². The number of guanidine groups is 1. The van der Waals surface area contributed by atoms with Crippen molar-refractivity contribution in [3.05, 3.63) is 90.5 Å². The number of hydrogen-bond donors (Lipinski definition) is 0. The fraction of sp³-hybridized carbons (Fsp3) is 0.0952. The summed E-state index contributed by atoms with van der Waals surface area (Å²) in [6, 6.07) is 29.0. The summed E-state index contributed by atoms with van der Waals surface area (Å²) >= 11 is 0. The Morgan fingerprint density at radius 3 is 2.12 bits per heavy atom. The standard InChI is InChI=1S/C21H19N3/c1-23-20-15-9-8-10-17(20)16-24(19-13-6-3-7-14-19)21(23)22-18-11-4-2-5-12-18/h2-15H,16H2,1H3. The van der Waals surface area contributed by atoms with Crippen molar-refractivity contribution in [2.24, 2.45) is 4.99 Å². The summed E-state index contributed by atoms with van der Waals surface area (Å²) in [5, 5.41) is 0. The maximum absolute atomic E-state index is 4.92. The summed E-state index contributed by atoms with van der Waals surface area (Å²) in [4.78, 5) is 9.35. The van der Waals surface area contributed by atoms with Crippen molar-refractivity contribution in [2.45, 2.75) is 6.54 Å². The smallest absolute Gasteiger partial charge is 0.211 e. The zero-order valence-corrected chi connectivity index (χ0v) is 13.6. The lowest BCUT2D eigenvalue weighted by Gasteiger charge is -2.38. The second-order valence-electron chi connectivity index (χ2n) is 5.86. The highest BCUT2D eigenvalue weighted by Gasteiger charge is 2.26. The highest BCUT2D eigenvalue weighted by atomic mass is 15.4. The Labute approximate surface area is 142 Å². The van der Waals surface area contributed by atoms with Gasteiger partial charge in [-0.25, -0.2) is 4.99 Å². The van der Waals surface area contributed by atoms with Crippen LogP contribution >= 0.6 is 0 Å². The van der Waals surface area contributed by atoms with Crippen LogP contribution in [0.2, 0.25) is 0 Å². The SMILES string of the molecule is CN1C(=Nc2ccccc2)N(c2ccccc2)Cc2ccccc21. The molecule has 1 aliphatic heterocycles. The third kappa shape index (κ3) is 2.65. The highest BCUT2D eigenvalue weighted by Crippen LogP contribution is 2.31. The first kappa shape index (κ1) is 14.5. The van der Waals surface area contributed by atoms with Gasteiger partial charge in [0.2, 0.25) is 5.96 Å². The molecule has 3 aromatic rings. The van der Waals surface area contributed by atoms with Crippen molar-refractivity contribution in [1.29, 1.82) is 0 Å². The van der Waals surface area contributed by atoms with Crippen LogP contribution in [0, 0.1) is 0 Å². The van der Waals surface area contributed by atoms with E-state index in [1.165, 1.54) is 11.3 Å². The van der Waals surface area contributed by atoms with Crippen molar-refractivity contribution >= 4 is 23.0 Å². The Hall–Kier alpha value is -3.07. The largest absolute Gasteiger partial charge is 0.315 e. The number of anilines is 2. The van der Waals surface area contributed by atoms with E-state index >= 15 is 0 Å². The maximum Gasteiger partial charge on any atom is 0.211 e. The molecule has 4 rings (SSSR count). The van der Waals surface area contributed by atoms with Gasteiger partial charge in [-0.3, -0.25) is 0 Å². The quantitative estimate of drug-likeness (QED) is 0.675. The van der Waals surface area contributed by atoms with Crippen LogP contribution in [0.15, 0.2) is 89.9 Å². The van der Waals surface area contributed by atoms with E-state index in [1.54, 1.807) is 0 Å². The van der Waals surface area contributed by atoms with Gasteiger partial charge in [-0.1, -0.05) is 54.6 Å². The van der Waals surface area contributed by atoms with Crippen LogP contribution < -0.4 is 9.80 Å². The zero-order chi connectivity index (χ0) is 16.4. The Bertz CT molecular complexity index is 857. The van der Waals surface area contributed by atoms with Crippen LogP contribution in [-0.4, -0.2) is 13.0 Å². The fourth-order valence-electron chi connectivity index (χ4n) is 3.07. The predicted molar refractivity (Wildman–Crippen MR) is 101 cm³/mol. The van der Waals surface area contributed by atoms with E-state index in [1.807, 2.05) is 36.4 Å². The first-order chi connectivity index (χ1) is 11.8. The second kappa shape index (κ2) is 6.20. The minimum absolute atomic E-state index is 0.816. The van der Waals surface area contributed by atoms with Gasteiger partial charge < -0.3 is 9.80 Å². The molecular weight excluding hydrogens is 294 g/mol. The van der Waals surface area contributed by atoms with E-state index in [4.69, 9.17) is 4.99 Å². The van der Waals surface area contributed by atoms with Crippen LogP contribution in [-0.2, 0) is 6.54 Å². The molecule has 24 heavy (non-hydrogen) atoms. The Balaban J connectivity index is 1.85. The first-order valence-electron chi connectivity index (χ1n) is 8.11. The topological polar surface area (TPSA) is 18.8 Å². The molecule has 0 bridgehead atoms. The van der Waals surface area contributed by atoms with Gasteiger partial charge in [0.15, 0.2) is 0 Å². The van der Waals surface area contributed by atoms with Crippen molar-refractivity contribution in [2.75, 3.05) is 16.8 Å². The zero-order valence-electron chi connectivity index (χ0n) is 13.6. The van der Waals surface area contributed by atoms with Crippen LogP contribution in [0.1, 0.15) is 5.56 Å². The Morgan fingerprint density at radius 1 is 0.750 bits per heavy atom.